The van der Waals surface area contributed by atoms with Crippen molar-refractivity contribution in [2.75, 3.05) is 13.1 Å². The third-order valence-corrected chi connectivity index (χ3v) is 9.44. The SMILES string of the molecule is CCN(CC)C(=O)C1=C(C)N=c2s/c(=C\c3cc(Br)c(Sc4nc(C)cc(=O)[nH]4)o3)c(=O)n2[C@H]1c1ccc(Cl)cc1. The molecule has 1 aliphatic rings. The maximum atomic E-state index is 13.9. The lowest BCUT2D eigenvalue weighted by Gasteiger charge is -2.29. The number of furan rings is 1. The standard InChI is InChI=1S/C28H25BrClN5O4S2/c1-5-34(6-2)25(38)22-15(4)32-28-35(23(22)16-7-9-17(30)10-8-16)24(37)20(40-28)13-18-12-19(29)26(39-18)41-27-31-14(3)11-21(36)33-27/h7-13,23H,5-6H2,1-4H3,(H,31,33,36)/b20-13-/t23-/m0/s1. The number of aromatic nitrogens is 3. The molecule has 0 spiro atoms. The van der Waals surface area contributed by atoms with E-state index in [9.17, 15) is 14.4 Å². The second-order valence-electron chi connectivity index (χ2n) is 9.19. The van der Waals surface area contributed by atoms with Gasteiger partial charge in [-0.05, 0) is 79.1 Å². The van der Waals surface area contributed by atoms with Gasteiger partial charge in [0.25, 0.3) is 17.0 Å². The van der Waals surface area contributed by atoms with Crippen molar-refractivity contribution in [1.82, 2.24) is 19.4 Å². The van der Waals surface area contributed by atoms with Crippen LogP contribution in [0.25, 0.3) is 6.08 Å². The summed E-state index contributed by atoms with van der Waals surface area (Å²) in [7, 11) is 0. The highest BCUT2D eigenvalue weighted by molar-refractivity contribution is 9.10. The molecule has 1 atom stereocenters. The van der Waals surface area contributed by atoms with E-state index in [1.54, 1.807) is 47.6 Å². The van der Waals surface area contributed by atoms with E-state index in [2.05, 4.69) is 25.9 Å². The number of amides is 1. The number of aromatic amines is 1. The summed E-state index contributed by atoms with van der Waals surface area (Å²) in [6.45, 7) is 8.44. The minimum atomic E-state index is -0.669. The minimum Gasteiger partial charge on any atom is -0.449 e. The molecule has 0 bridgehead atoms. The van der Waals surface area contributed by atoms with E-state index < -0.39 is 6.04 Å². The number of nitrogens with one attached hydrogen (secondary N) is 1. The van der Waals surface area contributed by atoms with Crippen molar-refractivity contribution in [1.29, 1.82) is 0 Å². The molecule has 212 valence electrons. The van der Waals surface area contributed by atoms with Gasteiger partial charge in [0.2, 0.25) is 0 Å². The number of halogens is 2. The van der Waals surface area contributed by atoms with Crippen LogP contribution in [0.3, 0.4) is 0 Å². The fourth-order valence-electron chi connectivity index (χ4n) is 4.56. The molecule has 0 radical (unpaired) electrons. The first-order valence-electron chi connectivity index (χ1n) is 12.7. The van der Waals surface area contributed by atoms with E-state index in [4.69, 9.17) is 21.0 Å². The van der Waals surface area contributed by atoms with Gasteiger partial charge in [0, 0.05) is 35.9 Å². The number of thiazole rings is 1. The molecule has 1 amide bonds. The molecule has 0 unspecified atom stereocenters. The summed E-state index contributed by atoms with van der Waals surface area (Å²) in [6, 6.07) is 9.63. The number of carbonyl (C=O) groups excluding carboxylic acids is 1. The summed E-state index contributed by atoms with van der Waals surface area (Å²) in [5.41, 5.74) is 1.81. The van der Waals surface area contributed by atoms with E-state index in [0.717, 1.165) is 17.3 Å². The first kappa shape index (κ1) is 29.3. The van der Waals surface area contributed by atoms with Gasteiger partial charge in [0.15, 0.2) is 15.1 Å². The molecule has 9 nitrogen and oxygen atoms in total. The lowest BCUT2D eigenvalue weighted by Crippen LogP contribution is -2.43. The smallest absolute Gasteiger partial charge is 0.271 e. The molecule has 0 saturated carbocycles. The molecule has 0 saturated heterocycles. The predicted molar refractivity (Wildman–Crippen MR) is 163 cm³/mol. The molecule has 4 heterocycles. The van der Waals surface area contributed by atoms with Crippen LogP contribution < -0.4 is 20.5 Å². The minimum absolute atomic E-state index is 0.162. The first-order chi connectivity index (χ1) is 19.6. The van der Waals surface area contributed by atoms with Crippen molar-refractivity contribution >= 4 is 62.6 Å². The van der Waals surface area contributed by atoms with E-state index in [-0.39, 0.29) is 17.0 Å². The Kier molecular flexibility index (Phi) is 8.55. The largest absolute Gasteiger partial charge is 0.449 e. The van der Waals surface area contributed by atoms with Crippen LogP contribution in [0.15, 0.2) is 81.4 Å². The van der Waals surface area contributed by atoms with Gasteiger partial charge in [0.1, 0.15) is 5.76 Å². The van der Waals surface area contributed by atoms with Gasteiger partial charge in [-0.1, -0.05) is 35.1 Å². The summed E-state index contributed by atoms with van der Waals surface area (Å²) >= 11 is 12.0. The van der Waals surface area contributed by atoms with Crippen molar-refractivity contribution in [2.24, 2.45) is 4.99 Å². The number of rotatable bonds is 7. The molecule has 5 rings (SSSR count). The number of allylic oxidation sites excluding steroid dienone is 1. The van der Waals surface area contributed by atoms with Crippen molar-refractivity contribution in [3.8, 4) is 0 Å². The summed E-state index contributed by atoms with van der Waals surface area (Å²) in [6.07, 6.45) is 1.65. The van der Waals surface area contributed by atoms with Gasteiger partial charge in [0.05, 0.1) is 26.3 Å². The van der Waals surface area contributed by atoms with Gasteiger partial charge >= 0.3 is 0 Å². The third-order valence-electron chi connectivity index (χ3n) is 6.47. The number of hydrogen-bond donors (Lipinski definition) is 1. The Labute approximate surface area is 256 Å². The van der Waals surface area contributed by atoms with Crippen LogP contribution >= 0.6 is 50.6 Å². The van der Waals surface area contributed by atoms with Gasteiger partial charge in [-0.25, -0.2) is 9.98 Å². The summed E-state index contributed by atoms with van der Waals surface area (Å²) in [5.74, 6) is 0.266. The van der Waals surface area contributed by atoms with Crippen LogP contribution in [0.5, 0.6) is 0 Å². The number of hydrogen-bond acceptors (Lipinski definition) is 8. The van der Waals surface area contributed by atoms with Gasteiger partial charge in [-0.2, -0.15) is 0 Å². The molecule has 3 aromatic heterocycles. The Bertz CT molecular complexity index is 1920. The predicted octanol–water partition coefficient (Wildman–Crippen LogP) is 4.66. The number of aryl methyl sites for hydroxylation is 1. The molecule has 0 aliphatic carbocycles. The number of nitrogens with zero attached hydrogens (tertiary/aromatic N) is 4. The normalized spacial score (nSPS) is 15.2. The molecular weight excluding hydrogens is 650 g/mol. The van der Waals surface area contributed by atoms with Crippen molar-refractivity contribution < 1.29 is 9.21 Å². The van der Waals surface area contributed by atoms with Crippen LogP contribution in [0.4, 0.5) is 0 Å². The third kappa shape index (κ3) is 5.92. The van der Waals surface area contributed by atoms with E-state index in [0.29, 0.717) is 64.9 Å². The van der Waals surface area contributed by atoms with E-state index in [1.807, 2.05) is 26.0 Å². The highest BCUT2D eigenvalue weighted by atomic mass is 79.9. The average Bonchev–Trinajstić information content (AvgIpc) is 3.41. The molecule has 1 aromatic carbocycles. The molecule has 41 heavy (non-hydrogen) atoms. The van der Waals surface area contributed by atoms with Crippen LogP contribution in [0.2, 0.25) is 5.02 Å². The van der Waals surface area contributed by atoms with Crippen molar-refractivity contribution in [3.05, 3.63) is 104 Å². The first-order valence-corrected chi connectivity index (χ1v) is 15.5. The van der Waals surface area contributed by atoms with E-state index in [1.165, 1.54) is 17.4 Å². The summed E-state index contributed by atoms with van der Waals surface area (Å²) in [5, 5.41) is 1.42. The second-order valence-corrected chi connectivity index (χ2v) is 12.5. The zero-order valence-corrected chi connectivity index (χ0v) is 26.5. The number of benzene rings is 1. The Hall–Kier alpha value is -3.19. The Balaban J connectivity index is 1.61. The molecule has 1 N–H and O–H groups in total. The number of fused-ring (bicyclic) bond motifs is 1. The fourth-order valence-corrected chi connectivity index (χ4v) is 7.08. The van der Waals surface area contributed by atoms with Crippen molar-refractivity contribution in [3.63, 3.8) is 0 Å². The van der Waals surface area contributed by atoms with Crippen LogP contribution in [-0.2, 0) is 4.79 Å². The maximum absolute atomic E-state index is 13.9. The van der Waals surface area contributed by atoms with Gasteiger partial charge < -0.3 is 14.3 Å². The van der Waals surface area contributed by atoms with E-state index >= 15 is 0 Å². The van der Waals surface area contributed by atoms with Crippen LogP contribution in [0, 0.1) is 6.92 Å². The summed E-state index contributed by atoms with van der Waals surface area (Å²) < 4.78 is 8.60. The molecule has 13 heteroatoms. The topological polar surface area (TPSA) is 114 Å². The lowest BCUT2D eigenvalue weighted by molar-refractivity contribution is -0.127. The summed E-state index contributed by atoms with van der Waals surface area (Å²) in [4.78, 5) is 53.3. The highest BCUT2D eigenvalue weighted by Gasteiger charge is 2.34. The van der Waals surface area contributed by atoms with Gasteiger partial charge in [-0.15, -0.1) is 0 Å². The number of carbonyl (C=O) groups is 1. The Morgan fingerprint density at radius 1 is 1.22 bits per heavy atom. The molecule has 4 aromatic rings. The van der Waals surface area contributed by atoms with Crippen LogP contribution in [0.1, 0.15) is 43.8 Å². The highest BCUT2D eigenvalue weighted by Crippen LogP contribution is 2.35. The fraction of sp³-hybridized carbons (Fsp3) is 0.250. The monoisotopic (exact) mass is 673 g/mol. The number of H-pyrrole nitrogens is 1. The lowest BCUT2D eigenvalue weighted by atomic mass is 9.94. The second kappa shape index (κ2) is 12.0. The van der Waals surface area contributed by atoms with Gasteiger partial charge in [-0.3, -0.25) is 19.0 Å². The molecule has 0 fully saturated rings. The maximum Gasteiger partial charge on any atom is 0.271 e. The molecular formula is C28H25BrClN5O4S2. The molecule has 1 aliphatic heterocycles. The Morgan fingerprint density at radius 3 is 2.59 bits per heavy atom. The zero-order valence-electron chi connectivity index (χ0n) is 22.5. The zero-order chi connectivity index (χ0) is 29.4. The quantitative estimate of drug-likeness (QED) is 0.286. The van der Waals surface area contributed by atoms with Crippen LogP contribution in [-0.4, -0.2) is 38.4 Å². The number of likely N-dealkylation sites (N-methyl/N-ethyl adjacent to an activating group) is 1. The van der Waals surface area contributed by atoms with Crippen molar-refractivity contribution in [2.45, 2.75) is 44.0 Å². The Morgan fingerprint density at radius 2 is 1.93 bits per heavy atom. The average molecular weight is 675 g/mol.